The molecule has 1 aliphatic rings. The van der Waals surface area contributed by atoms with E-state index in [1.54, 1.807) is 42.5 Å². The molecule has 1 saturated heterocycles. The molecule has 0 spiro atoms. The summed E-state index contributed by atoms with van der Waals surface area (Å²) < 4.78 is 6.68. The molecule has 1 aromatic heterocycles. The summed E-state index contributed by atoms with van der Waals surface area (Å²) in [6, 6.07) is 19.0. The third-order valence-electron chi connectivity index (χ3n) is 5.85. The van der Waals surface area contributed by atoms with Crippen LogP contribution in [0, 0.1) is 4.91 Å². The smallest absolute Gasteiger partial charge is 0.342 e. The van der Waals surface area contributed by atoms with E-state index < -0.39 is 0 Å². The number of hydrogen-bond acceptors (Lipinski definition) is 7. The van der Waals surface area contributed by atoms with E-state index in [0.717, 1.165) is 5.69 Å². The highest BCUT2D eigenvalue weighted by atomic mass is 16.8. The Morgan fingerprint density at radius 2 is 1.76 bits per heavy atom. The summed E-state index contributed by atoms with van der Waals surface area (Å²) in [5.41, 5.74) is 2.05. The maximum atomic E-state index is 13.6. The first-order valence-corrected chi connectivity index (χ1v) is 10.9. The molecule has 0 unspecified atom stereocenters. The minimum Gasteiger partial charge on any atom is -0.508 e. The summed E-state index contributed by atoms with van der Waals surface area (Å²) in [6.45, 7) is 2.58. The van der Waals surface area contributed by atoms with Crippen molar-refractivity contribution in [2.45, 2.75) is 0 Å². The summed E-state index contributed by atoms with van der Waals surface area (Å²) >= 11 is 0. The minimum absolute atomic E-state index is 0.0845. The SMILES string of the molecule is CO[N+](=O)c1ccc(N2CCOCC2)cc1-n1nc(-c2cccc(O)c2)c2ccccc2c1=O. The number of benzene rings is 3. The lowest BCUT2D eigenvalue weighted by molar-refractivity contribution is -0.736. The molecule has 0 radical (unpaired) electrons. The highest BCUT2D eigenvalue weighted by molar-refractivity contribution is 5.94. The number of hydrogen-bond donors (Lipinski definition) is 1. The van der Waals surface area contributed by atoms with Gasteiger partial charge in [-0.15, -0.1) is 0 Å². The Hall–Kier alpha value is -4.24. The van der Waals surface area contributed by atoms with E-state index >= 15 is 0 Å². The van der Waals surface area contributed by atoms with Crippen LogP contribution in [-0.2, 0) is 9.57 Å². The van der Waals surface area contributed by atoms with Gasteiger partial charge in [-0.2, -0.15) is 9.78 Å². The molecular weight excluding hydrogens is 436 g/mol. The first-order chi connectivity index (χ1) is 16.6. The lowest BCUT2D eigenvalue weighted by Crippen LogP contribution is -2.36. The molecule has 9 nitrogen and oxygen atoms in total. The van der Waals surface area contributed by atoms with Crippen molar-refractivity contribution in [1.82, 2.24) is 9.78 Å². The van der Waals surface area contributed by atoms with Crippen LogP contribution in [0.3, 0.4) is 0 Å². The van der Waals surface area contributed by atoms with E-state index in [1.807, 2.05) is 24.3 Å². The van der Waals surface area contributed by atoms with Crippen LogP contribution in [0.1, 0.15) is 0 Å². The maximum absolute atomic E-state index is 13.6. The molecule has 0 aliphatic carbocycles. The number of rotatable bonds is 5. The molecule has 3 aromatic carbocycles. The standard InChI is InChI=1S/C25H22N4O5/c1-33-29(32)22-10-9-18(27-11-13-34-14-12-27)16-23(22)28-25(31)21-8-3-2-7-20(21)24(26-28)17-5-4-6-19(30)15-17/h2-10,15-16H,11-14H2,1H3/p+1. The first-order valence-electron chi connectivity index (χ1n) is 10.9. The first kappa shape index (κ1) is 21.6. The van der Waals surface area contributed by atoms with Crippen molar-refractivity contribution in [2.75, 3.05) is 38.3 Å². The van der Waals surface area contributed by atoms with Gasteiger partial charge in [0.25, 0.3) is 10.5 Å². The molecular formula is C25H23N4O5+. The Morgan fingerprint density at radius 3 is 2.50 bits per heavy atom. The summed E-state index contributed by atoms with van der Waals surface area (Å²) in [7, 11) is 1.27. The van der Waals surface area contributed by atoms with Gasteiger partial charge >= 0.3 is 5.69 Å². The lowest BCUT2D eigenvalue weighted by Gasteiger charge is -2.29. The van der Waals surface area contributed by atoms with E-state index in [0.29, 0.717) is 53.3 Å². The van der Waals surface area contributed by atoms with Crippen LogP contribution in [-0.4, -0.2) is 53.2 Å². The fourth-order valence-corrected chi connectivity index (χ4v) is 4.17. The van der Waals surface area contributed by atoms with Gasteiger partial charge in [0, 0.05) is 35.8 Å². The number of aromatic hydroxyl groups is 1. The number of anilines is 1. The summed E-state index contributed by atoms with van der Waals surface area (Å²) in [6.07, 6.45) is 0. The highest BCUT2D eigenvalue weighted by Crippen LogP contribution is 2.31. The Labute approximate surface area is 194 Å². The summed E-state index contributed by atoms with van der Waals surface area (Å²) in [5, 5.41) is 15.8. The van der Waals surface area contributed by atoms with Crippen molar-refractivity contribution in [1.29, 1.82) is 0 Å². The molecule has 4 aromatic rings. The molecule has 0 saturated carbocycles. The van der Waals surface area contributed by atoms with E-state index in [4.69, 9.17) is 9.57 Å². The van der Waals surface area contributed by atoms with Gasteiger partial charge < -0.3 is 14.7 Å². The number of ether oxygens (including phenoxy) is 1. The van der Waals surface area contributed by atoms with Crippen molar-refractivity contribution in [3.8, 4) is 22.7 Å². The molecule has 2 heterocycles. The van der Waals surface area contributed by atoms with Gasteiger partial charge in [-0.3, -0.25) is 4.79 Å². The Morgan fingerprint density at radius 1 is 1.00 bits per heavy atom. The van der Waals surface area contributed by atoms with Gasteiger partial charge in [0.05, 0.1) is 29.2 Å². The molecule has 0 atom stereocenters. The quantitative estimate of drug-likeness (QED) is 0.456. The number of phenols is 1. The third-order valence-corrected chi connectivity index (χ3v) is 5.85. The zero-order valence-electron chi connectivity index (χ0n) is 18.5. The van der Waals surface area contributed by atoms with Crippen LogP contribution in [0.4, 0.5) is 11.4 Å². The molecule has 1 N–H and O–H groups in total. The van der Waals surface area contributed by atoms with E-state index in [2.05, 4.69) is 10.00 Å². The Balaban J connectivity index is 1.79. The van der Waals surface area contributed by atoms with E-state index in [9.17, 15) is 14.8 Å². The normalized spacial score (nSPS) is 13.7. The van der Waals surface area contributed by atoms with Crippen molar-refractivity contribution in [3.05, 3.63) is 82.0 Å². The number of fused-ring (bicyclic) bond motifs is 1. The highest BCUT2D eigenvalue weighted by Gasteiger charge is 2.27. The minimum atomic E-state index is -0.371. The average molecular weight is 459 g/mol. The molecule has 1 aliphatic heterocycles. The molecule has 1 fully saturated rings. The zero-order chi connectivity index (χ0) is 23.7. The van der Waals surface area contributed by atoms with Crippen molar-refractivity contribution in [3.63, 3.8) is 0 Å². The molecule has 0 amide bonds. The second kappa shape index (κ2) is 8.95. The van der Waals surface area contributed by atoms with Gasteiger partial charge in [-0.05, 0) is 30.3 Å². The average Bonchev–Trinajstić information content (AvgIpc) is 2.89. The molecule has 9 heteroatoms. The van der Waals surface area contributed by atoms with Crippen LogP contribution in [0.5, 0.6) is 5.75 Å². The monoisotopic (exact) mass is 459 g/mol. The topological polar surface area (TPSA) is 96.9 Å². The number of morpholine rings is 1. The molecule has 0 bridgehead atoms. The van der Waals surface area contributed by atoms with Gasteiger partial charge in [0.1, 0.15) is 5.75 Å². The number of nitrogens with zero attached hydrogens (tertiary/aromatic N) is 4. The fourth-order valence-electron chi connectivity index (χ4n) is 4.17. The van der Waals surface area contributed by atoms with Crippen LogP contribution < -0.4 is 10.5 Å². The van der Waals surface area contributed by atoms with Crippen LogP contribution in [0.25, 0.3) is 27.7 Å². The van der Waals surface area contributed by atoms with Gasteiger partial charge in [0.2, 0.25) is 0 Å². The molecule has 172 valence electrons. The number of aromatic nitrogens is 2. The lowest BCUT2D eigenvalue weighted by atomic mass is 10.0. The van der Waals surface area contributed by atoms with Crippen LogP contribution in [0.2, 0.25) is 0 Å². The predicted molar refractivity (Wildman–Crippen MR) is 128 cm³/mol. The molecule has 5 rings (SSSR count). The van der Waals surface area contributed by atoms with E-state index in [-0.39, 0.29) is 22.7 Å². The van der Waals surface area contributed by atoms with Gasteiger partial charge in [-0.25, -0.2) is 4.84 Å². The largest absolute Gasteiger partial charge is 0.508 e. The fraction of sp³-hybridized carbons (Fsp3) is 0.200. The predicted octanol–water partition coefficient (Wildman–Crippen LogP) is 3.57. The number of phenolic OH excluding ortho intramolecular Hbond substituents is 1. The Kier molecular flexibility index (Phi) is 5.69. The van der Waals surface area contributed by atoms with Crippen molar-refractivity contribution >= 4 is 22.1 Å². The third kappa shape index (κ3) is 3.86. The van der Waals surface area contributed by atoms with Crippen molar-refractivity contribution in [2.24, 2.45) is 0 Å². The van der Waals surface area contributed by atoms with Gasteiger partial charge in [0.15, 0.2) is 12.8 Å². The maximum Gasteiger partial charge on any atom is 0.342 e. The molecule has 34 heavy (non-hydrogen) atoms. The second-order valence-corrected chi connectivity index (χ2v) is 7.87. The van der Waals surface area contributed by atoms with Crippen LogP contribution in [0.15, 0.2) is 71.5 Å². The van der Waals surface area contributed by atoms with Crippen LogP contribution >= 0.6 is 0 Å². The Bertz CT molecular complexity index is 1440. The summed E-state index contributed by atoms with van der Waals surface area (Å²) in [5.74, 6) is 0.0845. The zero-order valence-corrected chi connectivity index (χ0v) is 18.5. The second-order valence-electron chi connectivity index (χ2n) is 7.87. The van der Waals surface area contributed by atoms with Crippen molar-refractivity contribution < 1.29 is 19.6 Å². The summed E-state index contributed by atoms with van der Waals surface area (Å²) in [4.78, 5) is 33.5. The van der Waals surface area contributed by atoms with E-state index in [1.165, 1.54) is 11.8 Å². The van der Waals surface area contributed by atoms with Gasteiger partial charge in [-0.1, -0.05) is 30.3 Å².